The zero-order chi connectivity index (χ0) is 11.7. The third kappa shape index (κ3) is 2.07. The van der Waals surface area contributed by atoms with Gasteiger partial charge in [-0.25, -0.2) is 4.79 Å². The van der Waals surface area contributed by atoms with E-state index in [4.69, 9.17) is 4.74 Å². The van der Waals surface area contributed by atoms with Crippen LogP contribution in [0.3, 0.4) is 0 Å². The van der Waals surface area contributed by atoms with Gasteiger partial charge in [0.25, 0.3) is 0 Å². The molecule has 1 unspecified atom stereocenters. The summed E-state index contributed by atoms with van der Waals surface area (Å²) in [6, 6.07) is 7.73. The van der Waals surface area contributed by atoms with Crippen molar-refractivity contribution in [3.63, 3.8) is 0 Å². The van der Waals surface area contributed by atoms with Gasteiger partial charge in [-0.05, 0) is 32.0 Å². The van der Waals surface area contributed by atoms with Crippen LogP contribution in [0.15, 0.2) is 24.3 Å². The minimum atomic E-state index is -0.160. The maximum Gasteiger partial charge on any atom is 0.339 e. The van der Waals surface area contributed by atoms with Crippen LogP contribution in [0.4, 0.5) is 0 Å². The van der Waals surface area contributed by atoms with Crippen molar-refractivity contribution in [2.45, 2.75) is 25.4 Å². The van der Waals surface area contributed by atoms with E-state index >= 15 is 0 Å². The van der Waals surface area contributed by atoms with Gasteiger partial charge in [-0.15, -0.1) is 0 Å². The second-order valence-electron chi connectivity index (χ2n) is 4.82. The maximum absolute atomic E-state index is 11.6. The number of fused-ring (bicyclic) bond motifs is 1. The second kappa shape index (κ2) is 4.49. The highest BCUT2D eigenvalue weighted by atomic mass is 16.5. The number of carbonyl (C=O) groups is 1. The Kier molecular flexibility index (Phi) is 2.85. The number of esters is 1. The molecule has 90 valence electrons. The molecule has 0 aliphatic carbocycles. The summed E-state index contributed by atoms with van der Waals surface area (Å²) in [4.78, 5) is 14.1. The summed E-state index contributed by atoms with van der Waals surface area (Å²) >= 11 is 0. The maximum atomic E-state index is 11.6. The van der Waals surface area contributed by atoms with Crippen LogP contribution in [0, 0.1) is 0 Å². The third-order valence-corrected chi connectivity index (χ3v) is 3.68. The van der Waals surface area contributed by atoms with E-state index in [1.807, 2.05) is 24.3 Å². The Labute approximate surface area is 101 Å². The van der Waals surface area contributed by atoms with Crippen LogP contribution in [-0.4, -0.2) is 30.5 Å². The quantitative estimate of drug-likeness (QED) is 0.748. The van der Waals surface area contributed by atoms with E-state index in [-0.39, 0.29) is 12.1 Å². The van der Waals surface area contributed by atoms with Crippen LogP contribution in [0.25, 0.3) is 0 Å². The van der Waals surface area contributed by atoms with E-state index in [0.29, 0.717) is 0 Å². The molecule has 3 nitrogen and oxygen atoms in total. The minimum absolute atomic E-state index is 0.0284. The number of benzene rings is 1. The predicted molar refractivity (Wildman–Crippen MR) is 64.9 cm³/mol. The van der Waals surface area contributed by atoms with Crippen LogP contribution < -0.4 is 0 Å². The fourth-order valence-corrected chi connectivity index (χ4v) is 2.74. The highest BCUT2D eigenvalue weighted by Gasteiger charge is 2.30. The molecule has 1 aromatic carbocycles. The number of ether oxygens (including phenoxy) is 1. The molecular weight excluding hydrogens is 214 g/mol. The smallest absolute Gasteiger partial charge is 0.339 e. The zero-order valence-electron chi connectivity index (χ0n) is 9.89. The van der Waals surface area contributed by atoms with Gasteiger partial charge in [0.2, 0.25) is 0 Å². The van der Waals surface area contributed by atoms with Gasteiger partial charge in [-0.2, -0.15) is 0 Å². The van der Waals surface area contributed by atoms with Crippen molar-refractivity contribution in [1.82, 2.24) is 4.90 Å². The molecule has 0 N–H and O–H groups in total. The summed E-state index contributed by atoms with van der Waals surface area (Å²) in [6.07, 6.45) is 3.50. The van der Waals surface area contributed by atoms with Crippen molar-refractivity contribution in [1.29, 1.82) is 0 Å². The average molecular weight is 231 g/mol. The summed E-state index contributed by atoms with van der Waals surface area (Å²) in [6.45, 7) is 3.43. The van der Waals surface area contributed by atoms with E-state index in [2.05, 4.69) is 4.90 Å². The van der Waals surface area contributed by atoms with Gasteiger partial charge < -0.3 is 9.64 Å². The first kappa shape index (κ1) is 10.8. The summed E-state index contributed by atoms with van der Waals surface area (Å²) in [5.74, 6) is -0.160. The Bertz CT molecular complexity index is 424. The molecule has 1 aromatic rings. The molecule has 1 saturated heterocycles. The number of hydrogen-bond acceptors (Lipinski definition) is 3. The first-order valence-corrected chi connectivity index (χ1v) is 6.37. The van der Waals surface area contributed by atoms with E-state index in [1.165, 1.54) is 25.9 Å². The van der Waals surface area contributed by atoms with Crippen molar-refractivity contribution < 1.29 is 9.53 Å². The van der Waals surface area contributed by atoms with Gasteiger partial charge in [0.05, 0.1) is 5.56 Å². The predicted octanol–water partition coefficient (Wildman–Crippen LogP) is 2.38. The molecule has 0 saturated carbocycles. The lowest BCUT2D eigenvalue weighted by molar-refractivity contribution is 0.0350. The van der Waals surface area contributed by atoms with E-state index in [0.717, 1.165) is 24.1 Å². The zero-order valence-corrected chi connectivity index (χ0v) is 9.89. The molecular formula is C14H17NO2. The Morgan fingerprint density at radius 3 is 2.82 bits per heavy atom. The molecule has 0 amide bonds. The SMILES string of the molecule is O=C1OC(CCN2CCCC2)c2ccccc21. The highest BCUT2D eigenvalue weighted by Crippen LogP contribution is 2.32. The van der Waals surface area contributed by atoms with E-state index in [1.54, 1.807) is 0 Å². The molecule has 0 aromatic heterocycles. The Morgan fingerprint density at radius 2 is 2.00 bits per heavy atom. The summed E-state index contributed by atoms with van der Waals surface area (Å²) in [7, 11) is 0. The normalized spacial score (nSPS) is 23.8. The van der Waals surface area contributed by atoms with Crippen molar-refractivity contribution in [2.24, 2.45) is 0 Å². The van der Waals surface area contributed by atoms with Crippen LogP contribution in [0.2, 0.25) is 0 Å². The molecule has 2 aliphatic rings. The van der Waals surface area contributed by atoms with Crippen molar-refractivity contribution >= 4 is 5.97 Å². The molecule has 1 atom stereocenters. The lowest BCUT2D eigenvalue weighted by Crippen LogP contribution is -2.22. The first-order chi connectivity index (χ1) is 8.34. The van der Waals surface area contributed by atoms with Crippen molar-refractivity contribution in [2.75, 3.05) is 19.6 Å². The number of hydrogen-bond donors (Lipinski definition) is 0. The number of carbonyl (C=O) groups excluding carboxylic acids is 1. The number of rotatable bonds is 3. The minimum Gasteiger partial charge on any atom is -0.454 e. The van der Waals surface area contributed by atoms with Gasteiger partial charge in [0.15, 0.2) is 0 Å². The van der Waals surface area contributed by atoms with Gasteiger partial charge in [-0.3, -0.25) is 0 Å². The third-order valence-electron chi connectivity index (χ3n) is 3.68. The fourth-order valence-electron chi connectivity index (χ4n) is 2.74. The number of cyclic esters (lactones) is 1. The monoisotopic (exact) mass is 231 g/mol. The second-order valence-corrected chi connectivity index (χ2v) is 4.82. The highest BCUT2D eigenvalue weighted by molar-refractivity contribution is 5.93. The Hall–Kier alpha value is -1.35. The Morgan fingerprint density at radius 1 is 1.24 bits per heavy atom. The van der Waals surface area contributed by atoms with E-state index < -0.39 is 0 Å². The standard InChI is InChI=1S/C14H17NO2/c16-14-12-6-2-1-5-11(12)13(17-14)7-10-15-8-3-4-9-15/h1-2,5-6,13H,3-4,7-10H2. The van der Waals surface area contributed by atoms with Gasteiger partial charge in [0.1, 0.15) is 6.10 Å². The van der Waals surface area contributed by atoms with Crippen LogP contribution in [0.5, 0.6) is 0 Å². The largest absolute Gasteiger partial charge is 0.454 e. The lowest BCUT2D eigenvalue weighted by Gasteiger charge is -2.17. The van der Waals surface area contributed by atoms with Gasteiger partial charge in [-0.1, -0.05) is 18.2 Å². The molecule has 0 radical (unpaired) electrons. The van der Waals surface area contributed by atoms with Crippen LogP contribution in [-0.2, 0) is 4.74 Å². The molecule has 1 fully saturated rings. The number of likely N-dealkylation sites (tertiary alicyclic amines) is 1. The fraction of sp³-hybridized carbons (Fsp3) is 0.500. The van der Waals surface area contributed by atoms with Crippen molar-refractivity contribution in [3.05, 3.63) is 35.4 Å². The molecule has 2 heterocycles. The van der Waals surface area contributed by atoms with Gasteiger partial charge in [0, 0.05) is 18.5 Å². The Balaban J connectivity index is 1.67. The topological polar surface area (TPSA) is 29.5 Å². The van der Waals surface area contributed by atoms with Crippen LogP contribution >= 0.6 is 0 Å². The first-order valence-electron chi connectivity index (χ1n) is 6.37. The van der Waals surface area contributed by atoms with Crippen molar-refractivity contribution in [3.8, 4) is 0 Å². The summed E-state index contributed by atoms with van der Waals surface area (Å²) in [5.41, 5.74) is 1.82. The molecule has 0 spiro atoms. The molecule has 2 aliphatic heterocycles. The summed E-state index contributed by atoms with van der Waals surface area (Å²) in [5, 5.41) is 0. The van der Waals surface area contributed by atoms with Gasteiger partial charge >= 0.3 is 5.97 Å². The number of nitrogens with zero attached hydrogens (tertiary/aromatic N) is 1. The molecule has 3 heteroatoms. The molecule has 0 bridgehead atoms. The average Bonchev–Trinajstić information content (AvgIpc) is 2.96. The molecule has 17 heavy (non-hydrogen) atoms. The van der Waals surface area contributed by atoms with E-state index in [9.17, 15) is 4.79 Å². The van der Waals surface area contributed by atoms with Crippen LogP contribution in [0.1, 0.15) is 41.3 Å². The summed E-state index contributed by atoms with van der Waals surface area (Å²) < 4.78 is 5.43. The molecule has 3 rings (SSSR count). The lowest BCUT2D eigenvalue weighted by atomic mass is 10.0.